The topological polar surface area (TPSA) is 118 Å². The van der Waals surface area contributed by atoms with Crippen molar-refractivity contribution in [3.05, 3.63) is 65.3 Å². The van der Waals surface area contributed by atoms with Crippen LogP contribution in [0.1, 0.15) is 33.9 Å². The maximum Gasteiger partial charge on any atom is 0.416 e. The van der Waals surface area contributed by atoms with Gasteiger partial charge in [0.25, 0.3) is 5.91 Å². The van der Waals surface area contributed by atoms with Gasteiger partial charge in [0.05, 0.1) is 45.3 Å². The number of anilines is 1. The van der Waals surface area contributed by atoms with Crippen LogP contribution >= 0.6 is 11.3 Å². The van der Waals surface area contributed by atoms with Gasteiger partial charge in [-0.25, -0.2) is 17.9 Å². The number of sulfonamides is 1. The molecule has 1 aliphatic rings. The van der Waals surface area contributed by atoms with Gasteiger partial charge in [0, 0.05) is 24.2 Å². The quantitative estimate of drug-likeness (QED) is 0.382. The number of carbonyl (C=O) groups excluding carboxylic acids is 1. The van der Waals surface area contributed by atoms with E-state index in [0.29, 0.717) is 34.7 Å². The molecule has 1 fully saturated rings. The van der Waals surface area contributed by atoms with Crippen LogP contribution in [0.5, 0.6) is 0 Å². The van der Waals surface area contributed by atoms with Gasteiger partial charge in [0.1, 0.15) is 0 Å². The third kappa shape index (κ3) is 4.98. The average molecular weight is 523 g/mol. The number of fused-ring (bicyclic) bond motifs is 1. The van der Waals surface area contributed by atoms with Crippen LogP contribution in [0.25, 0.3) is 16.0 Å². The molecule has 4 heterocycles. The molecule has 0 aliphatic heterocycles. The summed E-state index contributed by atoms with van der Waals surface area (Å²) in [7, 11) is -3.42. The van der Waals surface area contributed by atoms with E-state index in [4.69, 9.17) is 0 Å². The van der Waals surface area contributed by atoms with E-state index in [-0.39, 0.29) is 22.3 Å². The standard InChI is InChI=1S/C21H17F3N6O3S2/c22-21(23,24)12-4-6-30-17(7-12)16(10-28-30)18-11-27-20(34-18)19(31)26-9-14-8-13(3-5-25-14)29-35(32,33)15-1-2-15/h3-8,10-11,15H,1-2,9H2,(H,25,29)(H,26,31). The average Bonchev–Trinajstić information content (AvgIpc) is 3.42. The molecule has 0 spiro atoms. The molecule has 0 aromatic carbocycles. The highest BCUT2D eigenvalue weighted by atomic mass is 32.2. The Kier molecular flexibility index (Phi) is 5.71. The van der Waals surface area contributed by atoms with Gasteiger partial charge in [-0.2, -0.15) is 18.3 Å². The van der Waals surface area contributed by atoms with Gasteiger partial charge in [-0.15, -0.1) is 11.3 Å². The Balaban J connectivity index is 1.28. The summed E-state index contributed by atoms with van der Waals surface area (Å²) in [5.41, 5.74) is 0.658. The number of nitrogens with one attached hydrogen (secondary N) is 2. The van der Waals surface area contributed by atoms with Crippen molar-refractivity contribution in [2.24, 2.45) is 0 Å². The van der Waals surface area contributed by atoms with Gasteiger partial charge >= 0.3 is 6.18 Å². The molecule has 0 unspecified atom stereocenters. The molecule has 182 valence electrons. The number of carbonyl (C=O) groups is 1. The number of hydrogen-bond donors (Lipinski definition) is 2. The van der Waals surface area contributed by atoms with Crippen LogP contribution in [-0.4, -0.2) is 39.2 Å². The van der Waals surface area contributed by atoms with Gasteiger partial charge in [0.2, 0.25) is 10.0 Å². The smallest absolute Gasteiger partial charge is 0.344 e. The Hall–Kier alpha value is -3.52. The fraction of sp³-hybridized carbons (Fsp3) is 0.238. The Morgan fingerprint density at radius 2 is 1.97 bits per heavy atom. The molecule has 5 rings (SSSR count). The molecule has 0 radical (unpaired) electrons. The summed E-state index contributed by atoms with van der Waals surface area (Å²) in [5, 5.41) is 6.47. The largest absolute Gasteiger partial charge is 0.416 e. The molecule has 1 aliphatic carbocycles. The fourth-order valence-corrected chi connectivity index (χ4v) is 5.59. The van der Waals surface area contributed by atoms with E-state index >= 15 is 0 Å². The lowest BCUT2D eigenvalue weighted by atomic mass is 10.2. The normalized spacial score (nSPS) is 14.3. The summed E-state index contributed by atoms with van der Waals surface area (Å²) in [4.78, 5) is 21.3. The van der Waals surface area contributed by atoms with E-state index in [1.807, 2.05) is 0 Å². The molecule has 4 aromatic rings. The number of halogens is 3. The fourth-order valence-electron chi connectivity index (χ4n) is 3.36. The lowest BCUT2D eigenvalue weighted by Crippen LogP contribution is -2.23. The van der Waals surface area contributed by atoms with Crippen LogP contribution in [0.3, 0.4) is 0 Å². The zero-order chi connectivity index (χ0) is 24.8. The zero-order valence-corrected chi connectivity index (χ0v) is 19.4. The van der Waals surface area contributed by atoms with E-state index < -0.39 is 27.7 Å². The highest BCUT2D eigenvalue weighted by Crippen LogP contribution is 2.34. The van der Waals surface area contributed by atoms with Crippen molar-refractivity contribution >= 4 is 38.5 Å². The second kappa shape index (κ2) is 8.61. The van der Waals surface area contributed by atoms with Crippen molar-refractivity contribution in [1.29, 1.82) is 0 Å². The van der Waals surface area contributed by atoms with Gasteiger partial charge < -0.3 is 5.32 Å². The first kappa shape index (κ1) is 23.2. The maximum absolute atomic E-state index is 13.1. The van der Waals surface area contributed by atoms with Crippen molar-refractivity contribution in [1.82, 2.24) is 24.9 Å². The summed E-state index contributed by atoms with van der Waals surface area (Å²) in [5.74, 6) is -0.500. The first-order valence-electron chi connectivity index (χ1n) is 10.4. The number of pyridine rings is 2. The SMILES string of the molecule is O=C(NCc1cc(NS(=O)(=O)C2CC2)ccn1)c1ncc(-c2cnn3ccc(C(F)(F)F)cc23)s1. The maximum atomic E-state index is 13.1. The van der Waals surface area contributed by atoms with Crippen molar-refractivity contribution in [3.8, 4) is 10.4 Å². The molecular weight excluding hydrogens is 505 g/mol. The minimum absolute atomic E-state index is 0.0262. The minimum Gasteiger partial charge on any atom is -0.344 e. The first-order chi connectivity index (χ1) is 16.6. The molecule has 0 saturated heterocycles. The van der Waals surface area contributed by atoms with E-state index in [1.54, 1.807) is 0 Å². The summed E-state index contributed by atoms with van der Waals surface area (Å²) < 4.78 is 67.4. The molecule has 1 amide bonds. The van der Waals surface area contributed by atoms with Crippen LogP contribution < -0.4 is 10.0 Å². The predicted octanol–water partition coefficient (Wildman–Crippen LogP) is 3.71. The second-order valence-electron chi connectivity index (χ2n) is 7.90. The number of thiazole rings is 1. The van der Waals surface area contributed by atoms with Crippen molar-refractivity contribution in [3.63, 3.8) is 0 Å². The van der Waals surface area contributed by atoms with Gasteiger partial charge in [-0.05, 0) is 37.1 Å². The molecular formula is C21H17F3N6O3S2. The summed E-state index contributed by atoms with van der Waals surface area (Å²) >= 11 is 1.01. The van der Waals surface area contributed by atoms with E-state index in [1.165, 1.54) is 41.4 Å². The molecule has 0 atom stereocenters. The number of nitrogens with zero attached hydrogens (tertiary/aromatic N) is 4. The highest BCUT2D eigenvalue weighted by Gasteiger charge is 2.35. The number of amides is 1. The molecule has 2 N–H and O–H groups in total. The van der Waals surface area contributed by atoms with Crippen LogP contribution in [0.15, 0.2) is 49.1 Å². The number of alkyl halides is 3. The van der Waals surface area contributed by atoms with E-state index in [9.17, 15) is 26.4 Å². The van der Waals surface area contributed by atoms with Gasteiger partial charge in [-0.1, -0.05) is 0 Å². The first-order valence-corrected chi connectivity index (χ1v) is 12.7. The lowest BCUT2D eigenvalue weighted by molar-refractivity contribution is -0.137. The third-order valence-corrected chi connectivity index (χ3v) is 8.18. The lowest BCUT2D eigenvalue weighted by Gasteiger charge is -2.08. The summed E-state index contributed by atoms with van der Waals surface area (Å²) in [6.07, 6.45) is 2.27. The Labute approximate surface area is 201 Å². The van der Waals surface area contributed by atoms with Gasteiger partial charge in [0.15, 0.2) is 5.01 Å². The summed E-state index contributed by atoms with van der Waals surface area (Å²) in [6, 6.07) is 5.00. The van der Waals surface area contributed by atoms with E-state index in [2.05, 4.69) is 25.1 Å². The van der Waals surface area contributed by atoms with E-state index in [0.717, 1.165) is 23.5 Å². The Morgan fingerprint density at radius 3 is 2.71 bits per heavy atom. The van der Waals surface area contributed by atoms with Crippen LogP contribution in [0, 0.1) is 0 Å². The van der Waals surface area contributed by atoms with Crippen LogP contribution in [0.4, 0.5) is 18.9 Å². The zero-order valence-electron chi connectivity index (χ0n) is 17.8. The molecule has 35 heavy (non-hydrogen) atoms. The molecule has 1 saturated carbocycles. The predicted molar refractivity (Wildman–Crippen MR) is 122 cm³/mol. The van der Waals surface area contributed by atoms with Crippen LogP contribution in [-0.2, 0) is 22.7 Å². The third-order valence-electron chi connectivity index (χ3n) is 5.28. The van der Waals surface area contributed by atoms with Crippen molar-refractivity contribution in [2.75, 3.05) is 4.72 Å². The van der Waals surface area contributed by atoms with Crippen molar-refractivity contribution < 1.29 is 26.4 Å². The number of hydrogen-bond acceptors (Lipinski definition) is 7. The molecule has 9 nitrogen and oxygen atoms in total. The minimum atomic E-state index is -4.50. The Bertz CT molecular complexity index is 1530. The number of rotatable bonds is 7. The second-order valence-corrected chi connectivity index (χ2v) is 10.9. The monoisotopic (exact) mass is 522 g/mol. The molecule has 0 bridgehead atoms. The molecule has 14 heteroatoms. The molecule has 4 aromatic heterocycles. The highest BCUT2D eigenvalue weighted by molar-refractivity contribution is 7.93. The van der Waals surface area contributed by atoms with Gasteiger partial charge in [-0.3, -0.25) is 14.5 Å². The Morgan fingerprint density at radius 1 is 1.17 bits per heavy atom. The van der Waals surface area contributed by atoms with Crippen molar-refractivity contribution in [2.45, 2.75) is 30.8 Å². The van der Waals surface area contributed by atoms with Crippen LogP contribution in [0.2, 0.25) is 0 Å². The summed E-state index contributed by atoms with van der Waals surface area (Å²) in [6.45, 7) is 0.0262. The number of aromatic nitrogens is 4.